The molecule has 0 bridgehead atoms. The van der Waals surface area contributed by atoms with Crippen LogP contribution in [0, 0.1) is 0 Å². The van der Waals surface area contributed by atoms with Gasteiger partial charge in [-0.25, -0.2) is 0 Å². The number of carboxylic acid groups (broad SMARTS) is 2. The van der Waals surface area contributed by atoms with Gasteiger partial charge in [0.05, 0.1) is 0 Å². The predicted molar refractivity (Wildman–Crippen MR) is 8.02 cm³/mol. The van der Waals surface area contributed by atoms with Crippen molar-refractivity contribution in [1.29, 1.82) is 0 Å². The number of rotatable bonds is 0. The molecule has 0 rings (SSSR count). The van der Waals surface area contributed by atoms with Crippen LogP contribution in [0.1, 0.15) is 0 Å². The first kappa shape index (κ1) is 22.5. The maximum Gasteiger partial charge on any atom is 1.00 e. The van der Waals surface area contributed by atoms with E-state index in [4.69, 9.17) is 15.0 Å². The summed E-state index contributed by atoms with van der Waals surface area (Å²) < 4.78 is 0. The van der Waals surface area contributed by atoms with Gasteiger partial charge in [0.1, 0.15) is 0 Å². The van der Waals surface area contributed by atoms with E-state index in [1.165, 1.54) is 0 Å². The van der Waals surface area contributed by atoms with E-state index < -0.39 is 6.16 Å². The quantitative estimate of drug-likeness (QED) is 0.411. The largest absolute Gasteiger partial charge is 1.00 e. The van der Waals surface area contributed by atoms with Crippen LogP contribution in [0.3, 0.4) is 0 Å². The molecule has 0 radical (unpaired) electrons. The van der Waals surface area contributed by atoms with Gasteiger partial charge in [0.2, 0.25) is 6.16 Å². The molecule has 3 nitrogen and oxygen atoms in total. The zero-order valence-electron chi connectivity index (χ0n) is 4.14. The third-order valence-corrected chi connectivity index (χ3v) is 0. The van der Waals surface area contributed by atoms with E-state index in [-0.39, 0.29) is 120 Å². The summed E-state index contributed by atoms with van der Waals surface area (Å²) in [6.07, 6.45) is -2.08. The van der Waals surface area contributed by atoms with Gasteiger partial charge in [-0.3, -0.25) is 0 Å². The summed E-state index contributed by atoms with van der Waals surface area (Å²) in [5.41, 5.74) is 0. The molecule has 0 aliphatic heterocycles. The van der Waals surface area contributed by atoms with Crippen molar-refractivity contribution >= 4 is 6.16 Å². The van der Waals surface area contributed by atoms with Gasteiger partial charge in [0, 0.05) is 0 Å². The standard InChI is InChI=1S/CH2O3.BrH.2K/c2-1(3)4;;;/h(H2,2,3,4);1H;;/q;;2*+1/p-2. The van der Waals surface area contributed by atoms with E-state index in [0.29, 0.717) is 0 Å². The van der Waals surface area contributed by atoms with Crippen molar-refractivity contribution in [2.24, 2.45) is 0 Å². The third-order valence-electron chi connectivity index (χ3n) is 0. The van der Waals surface area contributed by atoms with Crippen LogP contribution in [-0.2, 0) is 0 Å². The number of carbonyl (C=O) groups is 1. The first-order valence-corrected chi connectivity index (χ1v) is 0.632. The fraction of sp³-hybridized carbons (Fsp3) is 0. The van der Waals surface area contributed by atoms with Crippen molar-refractivity contribution in [3.05, 3.63) is 0 Å². The van der Waals surface area contributed by atoms with Gasteiger partial charge < -0.3 is 32.0 Å². The topological polar surface area (TPSA) is 60.4 Å². The molecule has 0 spiro atoms. The predicted octanol–water partition coefficient (Wildman–Crippen LogP) is -10.1. The fourth-order valence-corrected chi connectivity index (χ4v) is 0. The van der Waals surface area contributed by atoms with E-state index >= 15 is 0 Å². The van der Waals surface area contributed by atoms with Gasteiger partial charge in [-0.1, -0.05) is 0 Å². The third kappa shape index (κ3) is 48.7. The minimum absolute atomic E-state index is 0. The zero-order chi connectivity index (χ0) is 3.58. The van der Waals surface area contributed by atoms with Crippen molar-refractivity contribution in [3.8, 4) is 0 Å². The summed E-state index contributed by atoms with van der Waals surface area (Å²) in [7, 11) is 0. The van der Waals surface area contributed by atoms with E-state index in [0.717, 1.165) is 0 Å². The molecule has 0 aromatic heterocycles. The molecule has 7 heavy (non-hydrogen) atoms. The van der Waals surface area contributed by atoms with Crippen LogP contribution < -0.4 is 125 Å². The first-order valence-electron chi connectivity index (χ1n) is 0.632. The normalized spacial score (nSPS) is 3.43. The number of hydrogen-bond acceptors (Lipinski definition) is 2. The molecule has 0 fully saturated rings. The Hall–Kier alpha value is 3.02. The summed E-state index contributed by atoms with van der Waals surface area (Å²) in [5, 5.41) is 15.3. The molecular weight excluding hydrogens is 218 g/mol. The zero-order valence-corrected chi connectivity index (χ0v) is 12.0. The van der Waals surface area contributed by atoms with Gasteiger partial charge in [-0.05, 0) is 0 Å². The van der Waals surface area contributed by atoms with Crippen LogP contribution >= 0.6 is 0 Å². The Balaban J connectivity index is -0.0000000150. The molecule has 0 aromatic rings. The number of hydrogen-bond donors (Lipinski definition) is 1. The summed E-state index contributed by atoms with van der Waals surface area (Å²) in [4.78, 5) is 8.44. The van der Waals surface area contributed by atoms with E-state index in [1.807, 2.05) is 0 Å². The molecule has 0 atom stereocenters. The second-order valence-electron chi connectivity index (χ2n) is 0.266. The van der Waals surface area contributed by atoms with Gasteiger partial charge in [0.25, 0.3) is 0 Å². The van der Waals surface area contributed by atoms with Crippen LogP contribution in [0.15, 0.2) is 0 Å². The summed E-state index contributed by atoms with van der Waals surface area (Å²) in [6.45, 7) is 0. The van der Waals surface area contributed by atoms with Crippen LogP contribution in [-0.4, -0.2) is 11.3 Å². The average molecular weight is 219 g/mol. The monoisotopic (exact) mass is 218 g/mol. The SMILES string of the molecule is O=C([O-])O.[Br-].[K+].[K+]. The minimum atomic E-state index is -2.08. The van der Waals surface area contributed by atoms with E-state index in [1.54, 1.807) is 0 Å². The van der Waals surface area contributed by atoms with Crippen molar-refractivity contribution < 1.29 is 135 Å². The molecule has 0 aliphatic carbocycles. The maximum absolute atomic E-state index is 8.44. The van der Waals surface area contributed by atoms with Crippen LogP contribution in [0.4, 0.5) is 4.79 Å². The minimum Gasteiger partial charge on any atom is -1.00 e. The molecule has 0 saturated carbocycles. The molecule has 0 aromatic carbocycles. The van der Waals surface area contributed by atoms with Crippen molar-refractivity contribution in [3.63, 3.8) is 0 Å². The number of halogens is 1. The Morgan fingerprint density at radius 1 is 1.43 bits per heavy atom. The first-order chi connectivity index (χ1) is 1.73. The summed E-state index contributed by atoms with van der Waals surface area (Å²) in [5.74, 6) is 0. The Morgan fingerprint density at radius 2 is 1.43 bits per heavy atom. The smallest absolute Gasteiger partial charge is 1.00 e. The van der Waals surface area contributed by atoms with Crippen LogP contribution in [0.2, 0.25) is 0 Å². The molecular formula is CHBrK2O3. The van der Waals surface area contributed by atoms with E-state index in [9.17, 15) is 0 Å². The molecule has 0 amide bonds. The Labute approximate surface area is 137 Å². The Kier molecular flexibility index (Phi) is 51.4. The van der Waals surface area contributed by atoms with Crippen molar-refractivity contribution in [2.45, 2.75) is 0 Å². The molecule has 0 unspecified atom stereocenters. The van der Waals surface area contributed by atoms with Crippen LogP contribution in [0.5, 0.6) is 0 Å². The van der Waals surface area contributed by atoms with Gasteiger partial charge in [-0.2, -0.15) is 0 Å². The molecule has 0 saturated heterocycles. The van der Waals surface area contributed by atoms with Gasteiger partial charge >= 0.3 is 103 Å². The molecule has 32 valence electrons. The Bertz CT molecular complexity index is 35.9. The molecule has 0 heterocycles. The van der Waals surface area contributed by atoms with Crippen molar-refractivity contribution in [1.82, 2.24) is 0 Å². The maximum atomic E-state index is 8.44. The Morgan fingerprint density at radius 3 is 1.43 bits per heavy atom. The fourth-order valence-electron chi connectivity index (χ4n) is 0. The van der Waals surface area contributed by atoms with Gasteiger partial charge in [0.15, 0.2) is 0 Å². The van der Waals surface area contributed by atoms with Gasteiger partial charge in [-0.15, -0.1) is 0 Å². The molecule has 0 aliphatic rings. The second kappa shape index (κ2) is 16.0. The molecule has 6 heteroatoms. The van der Waals surface area contributed by atoms with Crippen LogP contribution in [0.25, 0.3) is 0 Å². The summed E-state index contributed by atoms with van der Waals surface area (Å²) in [6, 6.07) is 0. The average Bonchev–Trinajstić information content (AvgIpc) is 0.811. The van der Waals surface area contributed by atoms with Crippen molar-refractivity contribution in [2.75, 3.05) is 0 Å². The molecule has 1 N–H and O–H groups in total. The summed E-state index contributed by atoms with van der Waals surface area (Å²) >= 11 is 0. The van der Waals surface area contributed by atoms with E-state index in [2.05, 4.69) is 0 Å². The second-order valence-corrected chi connectivity index (χ2v) is 0.266.